The molecule has 12 aromatic carbocycles. The molecule has 0 atom stereocenters. The monoisotopic (exact) mass is 896 g/mol. The number of nitrogens with zero attached hydrogens (tertiary/aromatic N) is 2. The van der Waals surface area contributed by atoms with Crippen molar-refractivity contribution in [2.24, 2.45) is 0 Å². The van der Waals surface area contributed by atoms with Crippen molar-refractivity contribution in [3.63, 3.8) is 0 Å². The Morgan fingerprint density at radius 1 is 0.243 bits per heavy atom. The summed E-state index contributed by atoms with van der Waals surface area (Å²) < 4.78 is 0. The number of rotatable bonds is 10. The van der Waals surface area contributed by atoms with E-state index in [-0.39, 0.29) is 0 Å². The van der Waals surface area contributed by atoms with E-state index < -0.39 is 0 Å². The first-order chi connectivity index (χ1) is 34.4. The Kier molecular flexibility index (Phi) is 10.8. The van der Waals surface area contributed by atoms with Crippen LogP contribution >= 0.6 is 0 Å². The minimum Gasteiger partial charge on any atom is -0.310 e. The minimum atomic E-state index is 1.10. The van der Waals surface area contributed by atoms with E-state index in [9.17, 15) is 0 Å². The molecule has 0 aromatic heterocycles. The first-order valence-corrected chi connectivity index (χ1v) is 24.3. The standard InChI is InChI=1S/C68H52N2/c1-45-19-11-15-27-59(45)51-39-52(60-28-16-12-20-46(60)2)42-57(41-51)69(55-23-7-5-8-24-55)65-37-33-49-32-36-64-66(38-34-50-31-35-63(65)67(49)68(50)64)70(56-25-9-6-10-26-56)58-43-53(61-29-17-13-21-47(61)3)40-54(44-58)62-30-18-14-22-48(62)4/h5-44H,1-4H3. The van der Waals surface area contributed by atoms with Crippen molar-refractivity contribution in [1.82, 2.24) is 0 Å². The van der Waals surface area contributed by atoms with Gasteiger partial charge in [-0.15, -0.1) is 0 Å². The molecule has 0 heterocycles. The molecule has 0 unspecified atom stereocenters. The highest BCUT2D eigenvalue weighted by molar-refractivity contribution is 6.28. The zero-order chi connectivity index (χ0) is 47.3. The van der Waals surface area contributed by atoms with Crippen molar-refractivity contribution in [3.05, 3.63) is 265 Å². The number of hydrogen-bond acceptors (Lipinski definition) is 2. The molecule has 334 valence electrons. The molecular weight excluding hydrogens is 845 g/mol. The molecule has 0 spiro atoms. The number of para-hydroxylation sites is 2. The highest BCUT2D eigenvalue weighted by Gasteiger charge is 2.24. The van der Waals surface area contributed by atoms with Crippen molar-refractivity contribution >= 4 is 66.4 Å². The van der Waals surface area contributed by atoms with Crippen LogP contribution in [0.15, 0.2) is 243 Å². The van der Waals surface area contributed by atoms with E-state index in [4.69, 9.17) is 0 Å². The third kappa shape index (κ3) is 7.55. The summed E-state index contributed by atoms with van der Waals surface area (Å²) in [6.45, 7) is 8.84. The number of hydrogen-bond donors (Lipinski definition) is 0. The van der Waals surface area contributed by atoms with Gasteiger partial charge in [-0.1, -0.05) is 170 Å². The zero-order valence-corrected chi connectivity index (χ0v) is 40.0. The third-order valence-corrected chi connectivity index (χ3v) is 14.3. The Morgan fingerprint density at radius 3 is 0.843 bits per heavy atom. The molecule has 2 nitrogen and oxygen atoms in total. The van der Waals surface area contributed by atoms with Gasteiger partial charge in [0, 0.05) is 33.5 Å². The average molecular weight is 897 g/mol. The molecule has 0 bridgehead atoms. The Hall–Kier alpha value is -8.72. The average Bonchev–Trinajstić information content (AvgIpc) is 3.40. The maximum absolute atomic E-state index is 2.47. The van der Waals surface area contributed by atoms with E-state index in [1.807, 2.05) is 0 Å². The van der Waals surface area contributed by atoms with E-state index in [2.05, 4.69) is 280 Å². The van der Waals surface area contributed by atoms with Gasteiger partial charge in [0.1, 0.15) is 0 Å². The first kappa shape index (κ1) is 42.6. The second-order valence-corrected chi connectivity index (χ2v) is 18.7. The summed E-state index contributed by atoms with van der Waals surface area (Å²) in [5, 5.41) is 7.34. The van der Waals surface area contributed by atoms with E-state index in [0.29, 0.717) is 0 Å². The summed E-state index contributed by atoms with van der Waals surface area (Å²) in [4.78, 5) is 4.94. The topological polar surface area (TPSA) is 6.48 Å². The van der Waals surface area contributed by atoms with Gasteiger partial charge in [0.2, 0.25) is 0 Å². The second kappa shape index (κ2) is 17.7. The lowest BCUT2D eigenvalue weighted by atomic mass is 9.90. The van der Waals surface area contributed by atoms with Crippen LogP contribution in [0, 0.1) is 27.7 Å². The van der Waals surface area contributed by atoms with Crippen LogP contribution in [-0.2, 0) is 0 Å². The molecule has 12 aromatic rings. The molecule has 0 aliphatic carbocycles. The van der Waals surface area contributed by atoms with Crippen LogP contribution in [0.4, 0.5) is 34.1 Å². The van der Waals surface area contributed by atoms with Gasteiger partial charge in [-0.3, -0.25) is 0 Å². The van der Waals surface area contributed by atoms with Crippen molar-refractivity contribution < 1.29 is 0 Å². The van der Waals surface area contributed by atoms with E-state index in [0.717, 1.165) is 34.1 Å². The lowest BCUT2D eigenvalue weighted by Crippen LogP contribution is -2.12. The van der Waals surface area contributed by atoms with Gasteiger partial charge in [0.25, 0.3) is 0 Å². The maximum atomic E-state index is 2.47. The molecule has 0 amide bonds. The largest absolute Gasteiger partial charge is 0.310 e. The van der Waals surface area contributed by atoms with Gasteiger partial charge in [-0.25, -0.2) is 0 Å². The predicted molar refractivity (Wildman–Crippen MR) is 300 cm³/mol. The summed E-state index contributed by atoms with van der Waals surface area (Å²) in [6.07, 6.45) is 0. The summed E-state index contributed by atoms with van der Waals surface area (Å²) in [6, 6.07) is 89.5. The molecular formula is C68H52N2. The van der Waals surface area contributed by atoms with Crippen molar-refractivity contribution in [1.29, 1.82) is 0 Å². The van der Waals surface area contributed by atoms with Crippen LogP contribution in [0.25, 0.3) is 76.8 Å². The molecule has 0 aliphatic rings. The Morgan fingerprint density at radius 2 is 0.529 bits per heavy atom. The number of benzene rings is 12. The fraction of sp³-hybridized carbons (Fsp3) is 0.0588. The van der Waals surface area contributed by atoms with E-state index >= 15 is 0 Å². The summed E-state index contributed by atoms with van der Waals surface area (Å²) in [5.74, 6) is 0. The molecule has 0 saturated carbocycles. The van der Waals surface area contributed by atoms with Crippen LogP contribution in [0.5, 0.6) is 0 Å². The quantitative estimate of drug-likeness (QED) is 0.126. The zero-order valence-electron chi connectivity index (χ0n) is 40.0. The fourth-order valence-corrected chi connectivity index (χ4v) is 10.9. The van der Waals surface area contributed by atoms with Crippen LogP contribution in [-0.4, -0.2) is 0 Å². The molecule has 0 aliphatic heterocycles. The van der Waals surface area contributed by atoms with Gasteiger partial charge >= 0.3 is 0 Å². The smallest absolute Gasteiger partial charge is 0.0540 e. The van der Waals surface area contributed by atoms with Crippen LogP contribution < -0.4 is 9.80 Å². The van der Waals surface area contributed by atoms with E-state index in [1.165, 1.54) is 99.1 Å². The second-order valence-electron chi connectivity index (χ2n) is 18.7. The third-order valence-electron chi connectivity index (χ3n) is 14.3. The van der Waals surface area contributed by atoms with Gasteiger partial charge in [-0.2, -0.15) is 0 Å². The van der Waals surface area contributed by atoms with Crippen LogP contribution in [0.2, 0.25) is 0 Å². The minimum absolute atomic E-state index is 1.10. The molecule has 0 radical (unpaired) electrons. The first-order valence-electron chi connectivity index (χ1n) is 24.3. The number of aryl methyl sites for hydroxylation is 4. The molecule has 12 rings (SSSR count). The van der Waals surface area contributed by atoms with Crippen LogP contribution in [0.3, 0.4) is 0 Å². The van der Waals surface area contributed by atoms with E-state index in [1.54, 1.807) is 0 Å². The highest BCUT2D eigenvalue weighted by atomic mass is 15.1. The predicted octanol–water partition coefficient (Wildman–Crippen LogP) is 19.4. The Bertz CT molecular complexity index is 3500. The fourth-order valence-electron chi connectivity index (χ4n) is 10.9. The number of anilines is 6. The van der Waals surface area contributed by atoms with Crippen molar-refractivity contribution in [2.45, 2.75) is 27.7 Å². The molecule has 0 fully saturated rings. The SMILES string of the molecule is Cc1ccccc1-c1cc(-c2ccccc2C)cc(N(c2ccccc2)c2ccc3ccc4c(N(c5ccccc5)c5cc(-c6ccccc6C)cc(-c6ccccc6C)c5)ccc5ccc2c3c54)c1. The molecule has 0 saturated heterocycles. The van der Waals surface area contributed by atoms with Gasteiger partial charge in [0.15, 0.2) is 0 Å². The Labute approximate surface area is 411 Å². The van der Waals surface area contributed by atoms with Crippen LogP contribution in [0.1, 0.15) is 22.3 Å². The summed E-state index contributed by atoms with van der Waals surface area (Å²) >= 11 is 0. The highest BCUT2D eigenvalue weighted by Crippen LogP contribution is 2.49. The van der Waals surface area contributed by atoms with Crippen molar-refractivity contribution in [2.75, 3.05) is 9.80 Å². The normalized spacial score (nSPS) is 11.4. The lowest BCUT2D eigenvalue weighted by Gasteiger charge is -2.30. The molecule has 0 N–H and O–H groups in total. The Balaban J connectivity index is 1.11. The lowest BCUT2D eigenvalue weighted by molar-refractivity contribution is 1.29. The molecule has 70 heavy (non-hydrogen) atoms. The van der Waals surface area contributed by atoms with Gasteiger partial charge < -0.3 is 9.80 Å². The summed E-state index contributed by atoms with van der Waals surface area (Å²) in [5.41, 5.74) is 21.3. The summed E-state index contributed by atoms with van der Waals surface area (Å²) in [7, 11) is 0. The van der Waals surface area contributed by atoms with Gasteiger partial charge in [0.05, 0.1) is 11.4 Å². The maximum Gasteiger partial charge on any atom is 0.0540 e. The van der Waals surface area contributed by atoms with Crippen molar-refractivity contribution in [3.8, 4) is 44.5 Å². The molecule has 2 heteroatoms. The van der Waals surface area contributed by atoms with Gasteiger partial charge in [-0.05, 0) is 189 Å².